The summed E-state index contributed by atoms with van der Waals surface area (Å²) in [6.07, 6.45) is 5.63. The summed E-state index contributed by atoms with van der Waals surface area (Å²) in [5.74, 6) is -0.422. The number of ether oxygens (including phenoxy) is 2. The van der Waals surface area contributed by atoms with Crippen LogP contribution < -0.4 is 4.74 Å². The molecule has 0 aliphatic heterocycles. The highest BCUT2D eigenvalue weighted by molar-refractivity contribution is 5.91. The number of benzene rings is 2. The Morgan fingerprint density at radius 1 is 0.971 bits per heavy atom. The maximum Gasteiger partial charge on any atom is 0.361 e. The second-order valence-electron chi connectivity index (χ2n) is 10.1. The van der Waals surface area contributed by atoms with Gasteiger partial charge in [0, 0.05) is 5.92 Å². The van der Waals surface area contributed by atoms with Gasteiger partial charge >= 0.3 is 5.97 Å². The Hall–Kier alpha value is -3.41. The number of esters is 1. The minimum Gasteiger partial charge on any atom is -0.491 e. The van der Waals surface area contributed by atoms with Crippen molar-refractivity contribution < 1.29 is 19.4 Å². The van der Waals surface area contributed by atoms with E-state index in [4.69, 9.17) is 14.5 Å². The molecule has 6 nitrogen and oxygen atoms in total. The Kier molecular flexibility index (Phi) is 7.69. The highest BCUT2D eigenvalue weighted by Gasteiger charge is 2.33. The van der Waals surface area contributed by atoms with Gasteiger partial charge < -0.3 is 14.6 Å². The van der Waals surface area contributed by atoms with Crippen LogP contribution in [0, 0.1) is 5.92 Å². The Morgan fingerprint density at radius 3 is 2.23 bits per heavy atom. The van der Waals surface area contributed by atoms with Crippen molar-refractivity contribution in [2.75, 3.05) is 0 Å². The van der Waals surface area contributed by atoms with E-state index in [9.17, 15) is 9.90 Å². The van der Waals surface area contributed by atoms with Crippen LogP contribution in [0.25, 0.3) is 0 Å². The van der Waals surface area contributed by atoms with Crippen molar-refractivity contribution >= 4 is 5.97 Å². The van der Waals surface area contributed by atoms with Gasteiger partial charge in [0.2, 0.25) is 5.75 Å². The van der Waals surface area contributed by atoms with Gasteiger partial charge in [-0.15, -0.1) is 0 Å². The number of carbonyl (C=O) groups excluding carboxylic acids is 1. The summed E-state index contributed by atoms with van der Waals surface area (Å²) in [6, 6.07) is 19.6. The number of nitrogens with zero attached hydrogens (tertiary/aromatic N) is 2. The molecule has 1 aromatic heterocycles. The van der Waals surface area contributed by atoms with E-state index < -0.39 is 11.6 Å². The lowest BCUT2D eigenvalue weighted by Gasteiger charge is -2.30. The zero-order chi connectivity index (χ0) is 24.8. The Balaban J connectivity index is 1.76. The lowest BCUT2D eigenvalue weighted by Crippen LogP contribution is -2.26. The summed E-state index contributed by atoms with van der Waals surface area (Å²) in [4.78, 5) is 22.4. The third-order valence-corrected chi connectivity index (χ3v) is 6.24. The normalized spacial score (nSPS) is 15.4. The maximum atomic E-state index is 13.2. The molecule has 3 aromatic rings. The van der Waals surface area contributed by atoms with Crippen LogP contribution in [0.2, 0.25) is 0 Å². The number of carbonyl (C=O) groups is 1. The predicted molar refractivity (Wildman–Crippen MR) is 134 cm³/mol. The fraction of sp³-hybridized carbons (Fsp3) is 0.414. The molecule has 1 unspecified atom stereocenters. The monoisotopic (exact) mass is 474 g/mol. The van der Waals surface area contributed by atoms with Crippen LogP contribution in [0.4, 0.5) is 0 Å². The van der Waals surface area contributed by atoms with Crippen LogP contribution in [0.3, 0.4) is 0 Å². The molecule has 1 N–H and O–H groups in total. The molecule has 1 atom stereocenters. The smallest absolute Gasteiger partial charge is 0.361 e. The average molecular weight is 475 g/mol. The summed E-state index contributed by atoms with van der Waals surface area (Å²) in [7, 11) is 0. The van der Waals surface area contributed by atoms with Crippen molar-refractivity contribution in [2.45, 2.75) is 71.0 Å². The zero-order valence-electron chi connectivity index (χ0n) is 20.7. The second-order valence-corrected chi connectivity index (χ2v) is 10.1. The van der Waals surface area contributed by atoms with Gasteiger partial charge in [0.15, 0.2) is 5.69 Å². The number of aromatic nitrogens is 2. The molecule has 1 heterocycles. The van der Waals surface area contributed by atoms with Crippen LogP contribution in [0.1, 0.15) is 86.2 Å². The van der Waals surface area contributed by atoms with Gasteiger partial charge in [0.1, 0.15) is 18.0 Å². The third-order valence-electron chi connectivity index (χ3n) is 6.24. The molecule has 1 saturated carbocycles. The van der Waals surface area contributed by atoms with Crippen molar-refractivity contribution in [3.8, 4) is 11.6 Å². The molecular weight excluding hydrogens is 440 g/mol. The lowest BCUT2D eigenvalue weighted by molar-refractivity contribution is 0.00563. The second kappa shape index (κ2) is 10.9. The largest absolute Gasteiger partial charge is 0.491 e. The van der Waals surface area contributed by atoms with E-state index in [1.807, 2.05) is 48.5 Å². The van der Waals surface area contributed by atoms with Gasteiger partial charge in [-0.1, -0.05) is 79.9 Å². The first kappa shape index (κ1) is 24.7. The van der Waals surface area contributed by atoms with E-state index in [1.165, 1.54) is 6.42 Å². The van der Waals surface area contributed by atoms with Gasteiger partial charge in [-0.25, -0.2) is 9.78 Å². The molecule has 4 rings (SSSR count). The summed E-state index contributed by atoms with van der Waals surface area (Å²) < 4.78 is 11.5. The molecule has 0 saturated heterocycles. The predicted octanol–water partition coefficient (Wildman–Crippen LogP) is 6.43. The fourth-order valence-corrected chi connectivity index (χ4v) is 4.68. The van der Waals surface area contributed by atoms with Crippen LogP contribution >= 0.6 is 0 Å². The fourth-order valence-electron chi connectivity index (χ4n) is 4.68. The van der Waals surface area contributed by atoms with Crippen molar-refractivity contribution in [3.05, 3.63) is 83.3 Å². The van der Waals surface area contributed by atoms with E-state index in [-0.39, 0.29) is 29.8 Å². The molecule has 1 aliphatic rings. The highest BCUT2D eigenvalue weighted by atomic mass is 16.6. The Morgan fingerprint density at radius 2 is 1.60 bits per heavy atom. The van der Waals surface area contributed by atoms with E-state index in [1.54, 1.807) is 20.8 Å². The summed E-state index contributed by atoms with van der Waals surface area (Å²) in [5.41, 5.74) is 1.20. The van der Waals surface area contributed by atoms with E-state index in [0.717, 1.165) is 36.8 Å². The Bertz CT molecular complexity index is 1120. The molecule has 0 spiro atoms. The molecule has 0 bridgehead atoms. The molecule has 184 valence electrons. The highest BCUT2D eigenvalue weighted by Crippen LogP contribution is 2.41. The summed E-state index contributed by atoms with van der Waals surface area (Å²) in [6.45, 7) is 5.56. The van der Waals surface area contributed by atoms with Gasteiger partial charge in [0.05, 0.1) is 0 Å². The molecule has 6 heteroatoms. The van der Waals surface area contributed by atoms with E-state index >= 15 is 0 Å². The van der Waals surface area contributed by atoms with E-state index in [2.05, 4.69) is 17.1 Å². The first-order chi connectivity index (χ1) is 16.8. The standard InChI is InChI=1S/C29H34N2O4/c1-29(2,3)35-28(33)24-25(34-19-20-13-7-4-8-14-20)27(32)31-26(30-24)23(21-15-9-5-10-16-21)22-17-11-6-12-18-22/h4-5,7-10,13-16,22-23H,6,11-12,17-19H2,1-3H3,(H,30,31,32). The van der Waals surface area contributed by atoms with Gasteiger partial charge in [-0.2, -0.15) is 4.98 Å². The summed E-state index contributed by atoms with van der Waals surface area (Å²) >= 11 is 0. The van der Waals surface area contributed by atoms with Gasteiger partial charge in [-0.3, -0.25) is 0 Å². The molecule has 0 radical (unpaired) electrons. The number of hydrogen-bond acceptors (Lipinski definition) is 6. The minimum atomic E-state index is -0.725. The third kappa shape index (κ3) is 6.38. The SMILES string of the molecule is CC(C)(C)OC(=O)c1nc(C(c2ccccc2)C2CCCCC2)nc(O)c1OCc1ccccc1. The van der Waals surface area contributed by atoms with Crippen LogP contribution in [-0.2, 0) is 11.3 Å². The zero-order valence-corrected chi connectivity index (χ0v) is 20.7. The van der Waals surface area contributed by atoms with Gasteiger partial charge in [0.25, 0.3) is 5.88 Å². The minimum absolute atomic E-state index is 0.0462. The van der Waals surface area contributed by atoms with Crippen molar-refractivity contribution in [2.24, 2.45) is 5.92 Å². The molecule has 0 amide bonds. The quantitative estimate of drug-likeness (QED) is 0.398. The number of hydrogen-bond donors (Lipinski definition) is 1. The molecule has 1 fully saturated rings. The molecule has 2 aromatic carbocycles. The van der Waals surface area contributed by atoms with Crippen molar-refractivity contribution in [3.63, 3.8) is 0 Å². The van der Waals surface area contributed by atoms with Crippen LogP contribution in [0.5, 0.6) is 11.6 Å². The van der Waals surface area contributed by atoms with Crippen LogP contribution in [0.15, 0.2) is 60.7 Å². The first-order valence-corrected chi connectivity index (χ1v) is 12.4. The number of aromatic hydroxyl groups is 1. The Labute approximate surface area is 207 Å². The van der Waals surface area contributed by atoms with Gasteiger partial charge in [-0.05, 0) is 50.7 Å². The van der Waals surface area contributed by atoms with Crippen molar-refractivity contribution in [1.82, 2.24) is 9.97 Å². The molecule has 1 aliphatic carbocycles. The maximum absolute atomic E-state index is 13.2. The lowest BCUT2D eigenvalue weighted by atomic mass is 9.76. The topological polar surface area (TPSA) is 81.5 Å². The van der Waals surface area contributed by atoms with Crippen LogP contribution in [-0.4, -0.2) is 26.6 Å². The van der Waals surface area contributed by atoms with Crippen molar-refractivity contribution in [1.29, 1.82) is 0 Å². The average Bonchev–Trinajstić information content (AvgIpc) is 2.84. The van der Waals surface area contributed by atoms with E-state index in [0.29, 0.717) is 11.7 Å². The first-order valence-electron chi connectivity index (χ1n) is 12.4. The number of rotatable bonds is 7. The summed E-state index contributed by atoms with van der Waals surface area (Å²) in [5, 5.41) is 11.0. The molecule has 35 heavy (non-hydrogen) atoms. The molecular formula is C29H34N2O4.